The molecule has 0 unspecified atom stereocenters. The van der Waals surface area contributed by atoms with Gasteiger partial charge < -0.3 is 5.73 Å². The number of nitrogen functional groups attached to an aromatic ring is 1. The Kier molecular flexibility index (Phi) is 4.14. The first-order chi connectivity index (χ1) is 6.65. The third-order valence-corrected chi connectivity index (χ3v) is 2.48. The number of hydrogen-bond acceptors (Lipinski definition) is 1. The lowest BCUT2D eigenvalue weighted by Crippen LogP contribution is -1.93. The predicted molar refractivity (Wildman–Crippen MR) is 63.0 cm³/mol. The quantitative estimate of drug-likeness (QED) is 0.651. The summed E-state index contributed by atoms with van der Waals surface area (Å²) in [6, 6.07) is 2.84. The van der Waals surface area contributed by atoms with Gasteiger partial charge in [0.05, 0.1) is 0 Å². The molecule has 0 atom stereocenters. The normalized spacial score (nSPS) is 11.1. The van der Waals surface area contributed by atoms with Gasteiger partial charge in [0, 0.05) is 11.0 Å². The largest absolute Gasteiger partial charge is 0.398 e. The van der Waals surface area contributed by atoms with Crippen molar-refractivity contribution in [3.05, 3.63) is 35.2 Å². The Balaban J connectivity index is 2.96. The molecule has 1 nitrogen and oxygen atoms in total. The van der Waals surface area contributed by atoms with Gasteiger partial charge in [0.2, 0.25) is 0 Å². The number of halogens is 2. The number of rotatable bonds is 3. The zero-order valence-electron chi connectivity index (χ0n) is 8.06. The summed E-state index contributed by atoms with van der Waals surface area (Å²) in [5, 5.41) is 0.910. The van der Waals surface area contributed by atoms with Crippen molar-refractivity contribution in [2.24, 2.45) is 0 Å². The molecular weight excluding hydrogens is 245 g/mol. The van der Waals surface area contributed by atoms with Crippen molar-refractivity contribution in [3.8, 4) is 0 Å². The second-order valence-electron chi connectivity index (χ2n) is 3.09. The summed E-state index contributed by atoms with van der Waals surface area (Å²) in [6.45, 7) is 1.89. The Morgan fingerprint density at radius 1 is 1.50 bits per heavy atom. The maximum Gasteiger partial charge on any atom is 0.125 e. The molecule has 76 valence electrons. The van der Waals surface area contributed by atoms with Crippen molar-refractivity contribution >= 4 is 27.7 Å². The fourth-order valence-corrected chi connectivity index (χ4v) is 1.43. The van der Waals surface area contributed by atoms with E-state index in [1.807, 2.05) is 19.1 Å². The zero-order chi connectivity index (χ0) is 10.6. The van der Waals surface area contributed by atoms with E-state index in [4.69, 9.17) is 5.73 Å². The van der Waals surface area contributed by atoms with Crippen LogP contribution in [0.1, 0.15) is 17.5 Å². The molecule has 0 saturated heterocycles. The van der Waals surface area contributed by atoms with Crippen LogP contribution in [0, 0.1) is 12.7 Å². The first-order valence-electron chi connectivity index (χ1n) is 4.43. The van der Waals surface area contributed by atoms with E-state index < -0.39 is 0 Å². The third kappa shape index (κ3) is 2.84. The van der Waals surface area contributed by atoms with Crippen LogP contribution in [0.25, 0.3) is 6.08 Å². The topological polar surface area (TPSA) is 26.0 Å². The maximum absolute atomic E-state index is 13.0. The van der Waals surface area contributed by atoms with E-state index in [2.05, 4.69) is 15.9 Å². The number of allylic oxidation sites excluding steroid dienone is 1. The van der Waals surface area contributed by atoms with Crippen LogP contribution in [-0.4, -0.2) is 5.33 Å². The summed E-state index contributed by atoms with van der Waals surface area (Å²) < 4.78 is 13.0. The van der Waals surface area contributed by atoms with Gasteiger partial charge in [0.25, 0.3) is 0 Å². The molecule has 0 radical (unpaired) electrons. The molecule has 1 aromatic carbocycles. The lowest BCUT2D eigenvalue weighted by Gasteiger charge is -2.04. The van der Waals surface area contributed by atoms with Gasteiger partial charge in [-0.05, 0) is 36.6 Å². The van der Waals surface area contributed by atoms with Gasteiger partial charge >= 0.3 is 0 Å². The molecule has 0 saturated carbocycles. The van der Waals surface area contributed by atoms with Crippen LogP contribution in [0.5, 0.6) is 0 Å². The molecule has 0 aliphatic carbocycles. The summed E-state index contributed by atoms with van der Waals surface area (Å²) in [4.78, 5) is 0. The monoisotopic (exact) mass is 257 g/mol. The standard InChI is InChI=1S/C11H13BrFN/c1-8-9(4-2-3-5-12)6-10(13)7-11(8)14/h2,4,6-7H,3,5,14H2,1H3. The smallest absolute Gasteiger partial charge is 0.125 e. The van der Waals surface area contributed by atoms with Gasteiger partial charge in [-0.2, -0.15) is 0 Å². The molecule has 0 heterocycles. The maximum atomic E-state index is 13.0. The highest BCUT2D eigenvalue weighted by Gasteiger charge is 2.01. The number of alkyl halides is 1. The average Bonchev–Trinajstić information content (AvgIpc) is 2.13. The van der Waals surface area contributed by atoms with E-state index in [9.17, 15) is 4.39 Å². The van der Waals surface area contributed by atoms with Crippen LogP contribution in [0.4, 0.5) is 10.1 Å². The minimum atomic E-state index is -0.286. The Labute approximate surface area is 91.9 Å². The van der Waals surface area contributed by atoms with E-state index in [0.717, 1.165) is 22.9 Å². The lowest BCUT2D eigenvalue weighted by molar-refractivity contribution is 0.628. The van der Waals surface area contributed by atoms with Crippen molar-refractivity contribution in [2.75, 3.05) is 11.1 Å². The van der Waals surface area contributed by atoms with Gasteiger partial charge in [-0.15, -0.1) is 0 Å². The molecule has 14 heavy (non-hydrogen) atoms. The molecule has 0 bridgehead atoms. The summed E-state index contributed by atoms with van der Waals surface area (Å²) in [5.41, 5.74) is 7.92. The first kappa shape index (κ1) is 11.2. The molecule has 3 heteroatoms. The minimum Gasteiger partial charge on any atom is -0.398 e. The highest BCUT2D eigenvalue weighted by atomic mass is 79.9. The van der Waals surface area contributed by atoms with E-state index in [0.29, 0.717) is 5.69 Å². The summed E-state index contributed by atoms with van der Waals surface area (Å²) in [7, 11) is 0. The fourth-order valence-electron chi connectivity index (χ4n) is 1.17. The van der Waals surface area contributed by atoms with Crippen LogP contribution in [0.3, 0.4) is 0 Å². The van der Waals surface area contributed by atoms with E-state index in [1.165, 1.54) is 12.1 Å². The second-order valence-corrected chi connectivity index (χ2v) is 3.88. The van der Waals surface area contributed by atoms with Crippen LogP contribution in [0.15, 0.2) is 18.2 Å². The van der Waals surface area contributed by atoms with Gasteiger partial charge in [-0.25, -0.2) is 4.39 Å². The zero-order valence-corrected chi connectivity index (χ0v) is 9.64. The minimum absolute atomic E-state index is 0.286. The molecular formula is C11H13BrFN. The van der Waals surface area contributed by atoms with Gasteiger partial charge in [0.1, 0.15) is 5.82 Å². The average molecular weight is 258 g/mol. The SMILES string of the molecule is Cc1c(N)cc(F)cc1C=CCCBr. The number of anilines is 1. The molecule has 0 aromatic heterocycles. The Morgan fingerprint density at radius 3 is 2.86 bits per heavy atom. The molecule has 1 rings (SSSR count). The Bertz CT molecular complexity index is 347. The number of nitrogens with two attached hydrogens (primary N) is 1. The molecule has 0 aliphatic rings. The first-order valence-corrected chi connectivity index (χ1v) is 5.55. The molecule has 0 aliphatic heterocycles. The molecule has 0 fully saturated rings. The fraction of sp³-hybridized carbons (Fsp3) is 0.273. The van der Waals surface area contributed by atoms with Gasteiger partial charge in [-0.1, -0.05) is 28.1 Å². The van der Waals surface area contributed by atoms with Gasteiger partial charge in [-0.3, -0.25) is 0 Å². The van der Waals surface area contributed by atoms with Crippen LogP contribution < -0.4 is 5.73 Å². The number of hydrogen-bond donors (Lipinski definition) is 1. The van der Waals surface area contributed by atoms with E-state index in [-0.39, 0.29) is 5.82 Å². The summed E-state index contributed by atoms with van der Waals surface area (Å²) >= 11 is 3.32. The molecule has 2 N–H and O–H groups in total. The summed E-state index contributed by atoms with van der Waals surface area (Å²) in [6.07, 6.45) is 4.82. The van der Waals surface area contributed by atoms with E-state index >= 15 is 0 Å². The van der Waals surface area contributed by atoms with Crippen LogP contribution in [-0.2, 0) is 0 Å². The summed E-state index contributed by atoms with van der Waals surface area (Å²) in [5.74, 6) is -0.286. The van der Waals surface area contributed by atoms with Crippen molar-refractivity contribution in [2.45, 2.75) is 13.3 Å². The van der Waals surface area contributed by atoms with Crippen molar-refractivity contribution in [1.82, 2.24) is 0 Å². The lowest BCUT2D eigenvalue weighted by atomic mass is 10.1. The van der Waals surface area contributed by atoms with Crippen molar-refractivity contribution in [1.29, 1.82) is 0 Å². The predicted octanol–water partition coefficient (Wildman–Crippen LogP) is 3.51. The number of benzene rings is 1. The third-order valence-electron chi connectivity index (χ3n) is 2.03. The van der Waals surface area contributed by atoms with Crippen LogP contribution >= 0.6 is 15.9 Å². The van der Waals surface area contributed by atoms with Gasteiger partial charge in [0.15, 0.2) is 0 Å². The van der Waals surface area contributed by atoms with Crippen LogP contribution in [0.2, 0.25) is 0 Å². The highest BCUT2D eigenvalue weighted by Crippen LogP contribution is 2.19. The molecule has 0 amide bonds. The van der Waals surface area contributed by atoms with E-state index in [1.54, 1.807) is 0 Å². The molecule has 0 spiro atoms. The van der Waals surface area contributed by atoms with Crippen molar-refractivity contribution in [3.63, 3.8) is 0 Å². The second kappa shape index (κ2) is 5.15. The Hall–Kier alpha value is -0.830. The molecule has 1 aromatic rings. The Morgan fingerprint density at radius 2 is 2.21 bits per heavy atom. The van der Waals surface area contributed by atoms with Crippen molar-refractivity contribution < 1.29 is 4.39 Å². The highest BCUT2D eigenvalue weighted by molar-refractivity contribution is 9.09.